The Morgan fingerprint density at radius 3 is 2.83 bits per heavy atom. The molecule has 0 aromatic carbocycles. The molecule has 0 radical (unpaired) electrons. The number of nitrogens with two attached hydrogens (primary N) is 1. The van der Waals surface area contributed by atoms with E-state index in [4.69, 9.17) is 15.4 Å². The maximum atomic E-state index is 12.0. The summed E-state index contributed by atoms with van der Waals surface area (Å²) in [5.41, 5.74) is 5.43. The molecule has 0 atom stereocenters. The number of hydrogen-bond acceptors (Lipinski definition) is 4. The van der Waals surface area contributed by atoms with Gasteiger partial charge in [0.1, 0.15) is 5.76 Å². The number of carbonyl (C=O) groups excluding carboxylic acids is 1. The first-order chi connectivity index (χ1) is 8.54. The van der Waals surface area contributed by atoms with Gasteiger partial charge in [0.05, 0.1) is 12.8 Å². The van der Waals surface area contributed by atoms with Gasteiger partial charge in [-0.3, -0.25) is 4.79 Å². The maximum absolute atomic E-state index is 12.0. The smallest absolute Gasteiger partial charge is 0.223 e. The molecule has 1 rings (SSSR count). The Bertz CT molecular complexity index is 399. The second-order valence-corrected chi connectivity index (χ2v) is 4.29. The van der Waals surface area contributed by atoms with Crippen molar-refractivity contribution >= 4 is 11.7 Å². The van der Waals surface area contributed by atoms with E-state index in [0.717, 1.165) is 5.76 Å². The molecular formula is C12H19N3O3. The van der Waals surface area contributed by atoms with Crippen LogP contribution in [0.5, 0.6) is 0 Å². The van der Waals surface area contributed by atoms with E-state index in [-0.39, 0.29) is 24.3 Å². The van der Waals surface area contributed by atoms with Gasteiger partial charge in [-0.25, -0.2) is 0 Å². The average molecular weight is 253 g/mol. The van der Waals surface area contributed by atoms with Gasteiger partial charge in [-0.15, -0.1) is 0 Å². The largest absolute Gasteiger partial charge is 0.469 e. The van der Waals surface area contributed by atoms with E-state index >= 15 is 0 Å². The van der Waals surface area contributed by atoms with Gasteiger partial charge >= 0.3 is 0 Å². The fourth-order valence-electron chi connectivity index (χ4n) is 1.59. The predicted octanol–water partition coefficient (Wildman–Crippen LogP) is 1.20. The summed E-state index contributed by atoms with van der Waals surface area (Å²) in [6, 6.07) is 3.61. The van der Waals surface area contributed by atoms with Crippen molar-refractivity contribution < 1.29 is 14.4 Å². The highest BCUT2D eigenvalue weighted by Gasteiger charge is 2.18. The van der Waals surface area contributed by atoms with Crippen molar-refractivity contribution in [3.05, 3.63) is 24.2 Å². The van der Waals surface area contributed by atoms with Gasteiger partial charge in [0.2, 0.25) is 5.91 Å². The molecule has 18 heavy (non-hydrogen) atoms. The predicted molar refractivity (Wildman–Crippen MR) is 67.3 cm³/mol. The number of amidine groups is 1. The number of hydrogen-bond donors (Lipinski definition) is 2. The molecule has 0 unspecified atom stereocenters. The van der Waals surface area contributed by atoms with Gasteiger partial charge in [0, 0.05) is 18.9 Å². The summed E-state index contributed by atoms with van der Waals surface area (Å²) >= 11 is 0. The number of furan rings is 1. The lowest BCUT2D eigenvalue weighted by Crippen LogP contribution is -2.42. The van der Waals surface area contributed by atoms with Crippen molar-refractivity contribution in [3.63, 3.8) is 0 Å². The van der Waals surface area contributed by atoms with Crippen LogP contribution in [0.1, 0.15) is 26.0 Å². The zero-order valence-corrected chi connectivity index (χ0v) is 10.7. The molecule has 1 aromatic heterocycles. The van der Waals surface area contributed by atoms with E-state index in [1.165, 1.54) is 0 Å². The standard InChI is InChI=1S/C12H19N3O3/c1-9(2)15(8-11(13)14-17)12(16)6-5-10-4-3-7-18-10/h3-4,7,9,17H,5-6,8H2,1-2H3,(H2,13,14). The average Bonchev–Trinajstić information content (AvgIpc) is 2.85. The maximum Gasteiger partial charge on any atom is 0.223 e. The highest BCUT2D eigenvalue weighted by molar-refractivity contribution is 5.87. The van der Waals surface area contributed by atoms with Crippen LogP contribution in [-0.2, 0) is 11.2 Å². The van der Waals surface area contributed by atoms with Gasteiger partial charge in [0.25, 0.3) is 0 Å². The van der Waals surface area contributed by atoms with Crippen LogP contribution in [0.3, 0.4) is 0 Å². The van der Waals surface area contributed by atoms with Gasteiger partial charge in [-0.2, -0.15) is 0 Å². The Morgan fingerprint density at radius 2 is 2.33 bits per heavy atom. The molecule has 3 N–H and O–H groups in total. The SMILES string of the molecule is CC(C)N(CC(N)=NO)C(=O)CCc1ccco1. The molecule has 0 bridgehead atoms. The van der Waals surface area contributed by atoms with E-state index in [2.05, 4.69) is 5.16 Å². The molecule has 0 spiro atoms. The molecule has 0 aliphatic rings. The zero-order valence-electron chi connectivity index (χ0n) is 10.7. The first-order valence-corrected chi connectivity index (χ1v) is 5.82. The van der Waals surface area contributed by atoms with Gasteiger partial charge in [-0.1, -0.05) is 5.16 Å². The molecule has 0 fully saturated rings. The Balaban J connectivity index is 2.54. The number of aryl methyl sites for hydroxylation is 1. The second kappa shape index (κ2) is 6.68. The number of carbonyl (C=O) groups is 1. The molecule has 1 amide bonds. The van der Waals surface area contributed by atoms with E-state index in [1.54, 1.807) is 17.2 Å². The van der Waals surface area contributed by atoms with Crippen LogP contribution in [0.4, 0.5) is 0 Å². The summed E-state index contributed by atoms with van der Waals surface area (Å²) in [7, 11) is 0. The van der Waals surface area contributed by atoms with E-state index in [0.29, 0.717) is 12.8 Å². The Morgan fingerprint density at radius 1 is 1.61 bits per heavy atom. The zero-order chi connectivity index (χ0) is 13.5. The highest BCUT2D eigenvalue weighted by atomic mass is 16.4. The molecular weight excluding hydrogens is 234 g/mol. The Labute approximate surface area is 106 Å². The van der Waals surface area contributed by atoms with Crippen molar-refractivity contribution in [2.24, 2.45) is 10.9 Å². The quantitative estimate of drug-likeness (QED) is 0.345. The van der Waals surface area contributed by atoms with Crippen molar-refractivity contribution in [3.8, 4) is 0 Å². The van der Waals surface area contributed by atoms with Gasteiger partial charge in [-0.05, 0) is 26.0 Å². The summed E-state index contributed by atoms with van der Waals surface area (Å²) in [5, 5.41) is 11.4. The highest BCUT2D eigenvalue weighted by Crippen LogP contribution is 2.07. The summed E-state index contributed by atoms with van der Waals surface area (Å²) in [4.78, 5) is 13.6. The third kappa shape index (κ3) is 4.12. The lowest BCUT2D eigenvalue weighted by atomic mass is 10.2. The van der Waals surface area contributed by atoms with Crippen molar-refractivity contribution in [1.29, 1.82) is 0 Å². The molecule has 1 aromatic rings. The molecule has 1 heterocycles. The fraction of sp³-hybridized carbons (Fsp3) is 0.500. The minimum atomic E-state index is -0.0481. The van der Waals surface area contributed by atoms with Crippen LogP contribution in [0, 0.1) is 0 Å². The molecule has 6 heteroatoms. The summed E-state index contributed by atoms with van der Waals surface area (Å²) in [5.74, 6) is 0.749. The van der Waals surface area contributed by atoms with E-state index < -0.39 is 0 Å². The van der Waals surface area contributed by atoms with E-state index in [9.17, 15) is 4.79 Å². The molecule has 100 valence electrons. The molecule has 0 aliphatic heterocycles. The van der Waals surface area contributed by atoms with Crippen LogP contribution in [-0.4, -0.2) is 34.4 Å². The van der Waals surface area contributed by atoms with Crippen molar-refractivity contribution in [1.82, 2.24) is 4.90 Å². The Hall–Kier alpha value is -1.98. The second-order valence-electron chi connectivity index (χ2n) is 4.29. The van der Waals surface area contributed by atoms with E-state index in [1.807, 2.05) is 19.9 Å². The number of nitrogens with zero attached hydrogens (tertiary/aromatic N) is 2. The minimum absolute atomic E-state index is 0.00518. The molecule has 6 nitrogen and oxygen atoms in total. The van der Waals surface area contributed by atoms with Crippen LogP contribution in [0.25, 0.3) is 0 Å². The third-order valence-corrected chi connectivity index (χ3v) is 2.57. The summed E-state index contributed by atoms with van der Waals surface area (Å²) in [6.07, 6.45) is 2.46. The van der Waals surface area contributed by atoms with Crippen LogP contribution >= 0.6 is 0 Å². The third-order valence-electron chi connectivity index (χ3n) is 2.57. The van der Waals surface area contributed by atoms with Crippen molar-refractivity contribution in [2.75, 3.05) is 6.54 Å². The number of amides is 1. The Kier molecular flexibility index (Phi) is 5.23. The fourth-order valence-corrected chi connectivity index (χ4v) is 1.59. The van der Waals surface area contributed by atoms with Crippen LogP contribution in [0.15, 0.2) is 28.0 Å². The minimum Gasteiger partial charge on any atom is -0.469 e. The molecule has 0 saturated heterocycles. The lowest BCUT2D eigenvalue weighted by molar-refractivity contribution is -0.132. The van der Waals surface area contributed by atoms with Crippen molar-refractivity contribution in [2.45, 2.75) is 32.7 Å². The molecule has 0 saturated carbocycles. The number of oxime groups is 1. The normalized spacial score (nSPS) is 11.8. The summed E-state index contributed by atoms with van der Waals surface area (Å²) in [6.45, 7) is 3.90. The topological polar surface area (TPSA) is 92.1 Å². The van der Waals surface area contributed by atoms with Crippen LogP contribution in [0.2, 0.25) is 0 Å². The summed E-state index contributed by atoms with van der Waals surface area (Å²) < 4.78 is 5.17. The van der Waals surface area contributed by atoms with Gasteiger partial charge < -0.3 is 20.3 Å². The van der Waals surface area contributed by atoms with Gasteiger partial charge in [0.15, 0.2) is 5.84 Å². The lowest BCUT2D eigenvalue weighted by Gasteiger charge is -2.26. The first-order valence-electron chi connectivity index (χ1n) is 5.82. The molecule has 0 aliphatic carbocycles. The number of rotatable bonds is 6. The first kappa shape index (κ1) is 14.1. The van der Waals surface area contributed by atoms with Crippen LogP contribution < -0.4 is 5.73 Å². The monoisotopic (exact) mass is 253 g/mol.